The molecule has 1 atom stereocenters. The highest BCUT2D eigenvalue weighted by atomic mass is 79.9. The van der Waals surface area contributed by atoms with Gasteiger partial charge in [-0.15, -0.1) is 0 Å². The lowest BCUT2D eigenvalue weighted by Gasteiger charge is -2.22. The van der Waals surface area contributed by atoms with E-state index in [1.807, 2.05) is 0 Å². The second kappa shape index (κ2) is 5.32. The Balaban J connectivity index is 2.69. The number of halogens is 2. The van der Waals surface area contributed by atoms with Gasteiger partial charge in [-0.25, -0.2) is 4.39 Å². The predicted octanol–water partition coefficient (Wildman–Crippen LogP) is 2.02. The number of anilines is 1. The summed E-state index contributed by atoms with van der Waals surface area (Å²) in [7, 11) is 1.75. The van der Waals surface area contributed by atoms with Crippen molar-refractivity contribution in [2.75, 3.05) is 23.8 Å². The van der Waals surface area contributed by atoms with Gasteiger partial charge in [-0.05, 0) is 12.1 Å². The summed E-state index contributed by atoms with van der Waals surface area (Å²) >= 11 is 3.16. The largest absolute Gasteiger partial charge is 0.390 e. The van der Waals surface area contributed by atoms with Crippen molar-refractivity contribution < 1.29 is 9.50 Å². The van der Waals surface area contributed by atoms with Gasteiger partial charge < -0.3 is 10.0 Å². The van der Waals surface area contributed by atoms with E-state index in [9.17, 15) is 9.50 Å². The second-order valence-corrected chi connectivity index (χ2v) is 3.79. The summed E-state index contributed by atoms with van der Waals surface area (Å²) in [4.78, 5) is 1.70. The van der Waals surface area contributed by atoms with Gasteiger partial charge in [-0.3, -0.25) is 0 Å². The van der Waals surface area contributed by atoms with Gasteiger partial charge >= 0.3 is 0 Å². The van der Waals surface area contributed by atoms with Crippen LogP contribution in [0.15, 0.2) is 24.3 Å². The van der Waals surface area contributed by atoms with Crippen LogP contribution in [0.1, 0.15) is 0 Å². The van der Waals surface area contributed by atoms with Crippen molar-refractivity contribution in [1.82, 2.24) is 0 Å². The van der Waals surface area contributed by atoms with Crippen molar-refractivity contribution in [3.05, 3.63) is 30.1 Å². The number of hydrogen-bond donors (Lipinski definition) is 1. The molecule has 0 spiro atoms. The summed E-state index contributed by atoms with van der Waals surface area (Å²) in [5.41, 5.74) is 0.507. The molecule has 14 heavy (non-hydrogen) atoms. The van der Waals surface area contributed by atoms with E-state index < -0.39 is 6.10 Å². The van der Waals surface area contributed by atoms with Crippen LogP contribution in [0.4, 0.5) is 10.1 Å². The Morgan fingerprint density at radius 3 is 2.71 bits per heavy atom. The van der Waals surface area contributed by atoms with Crippen LogP contribution in [-0.2, 0) is 0 Å². The van der Waals surface area contributed by atoms with Crippen LogP contribution < -0.4 is 4.90 Å². The summed E-state index contributed by atoms with van der Waals surface area (Å²) < 4.78 is 13.3. The molecule has 1 rings (SSSR count). The molecule has 0 fully saturated rings. The highest BCUT2D eigenvalue weighted by molar-refractivity contribution is 9.09. The summed E-state index contributed by atoms with van der Waals surface area (Å²) in [6, 6.07) is 6.52. The number of para-hydroxylation sites is 1. The zero-order chi connectivity index (χ0) is 10.6. The maximum atomic E-state index is 13.3. The van der Waals surface area contributed by atoms with E-state index in [1.165, 1.54) is 6.07 Å². The van der Waals surface area contributed by atoms with E-state index in [0.29, 0.717) is 17.6 Å². The molecule has 2 nitrogen and oxygen atoms in total. The van der Waals surface area contributed by atoms with Crippen LogP contribution in [0.25, 0.3) is 0 Å². The highest BCUT2D eigenvalue weighted by Crippen LogP contribution is 2.17. The van der Waals surface area contributed by atoms with Crippen molar-refractivity contribution in [2.24, 2.45) is 0 Å². The van der Waals surface area contributed by atoms with E-state index in [2.05, 4.69) is 15.9 Å². The average molecular weight is 262 g/mol. The summed E-state index contributed by atoms with van der Waals surface area (Å²) in [5, 5.41) is 9.86. The third-order valence-electron chi connectivity index (χ3n) is 1.93. The fraction of sp³-hybridized carbons (Fsp3) is 0.400. The molecule has 0 radical (unpaired) electrons. The first kappa shape index (κ1) is 11.5. The van der Waals surface area contributed by atoms with E-state index in [-0.39, 0.29) is 5.82 Å². The number of likely N-dealkylation sites (N-methyl/N-ethyl adjacent to an activating group) is 1. The van der Waals surface area contributed by atoms with Crippen LogP contribution >= 0.6 is 15.9 Å². The van der Waals surface area contributed by atoms with E-state index in [4.69, 9.17) is 0 Å². The number of alkyl halides is 1. The molecule has 1 unspecified atom stereocenters. The standard InChI is InChI=1S/C10H13BrFNO/c1-13(7-8(14)6-11)10-5-3-2-4-9(10)12/h2-5,8,14H,6-7H2,1H3. The number of benzene rings is 1. The number of hydrogen-bond acceptors (Lipinski definition) is 2. The van der Waals surface area contributed by atoms with E-state index >= 15 is 0 Å². The minimum Gasteiger partial charge on any atom is -0.390 e. The molecule has 4 heteroatoms. The Bertz CT molecular complexity index is 295. The van der Waals surface area contributed by atoms with Gasteiger partial charge in [0, 0.05) is 18.9 Å². The van der Waals surface area contributed by atoms with Gasteiger partial charge in [0.15, 0.2) is 0 Å². The molecule has 0 bridgehead atoms. The van der Waals surface area contributed by atoms with Gasteiger partial charge in [0.2, 0.25) is 0 Å². The van der Waals surface area contributed by atoms with Gasteiger partial charge in [0.05, 0.1) is 11.8 Å². The van der Waals surface area contributed by atoms with Gasteiger partial charge in [0.1, 0.15) is 5.82 Å². The third kappa shape index (κ3) is 2.96. The zero-order valence-corrected chi connectivity index (χ0v) is 9.54. The van der Waals surface area contributed by atoms with Crippen molar-refractivity contribution in [2.45, 2.75) is 6.10 Å². The molecule has 0 saturated carbocycles. The first-order chi connectivity index (χ1) is 6.65. The van der Waals surface area contributed by atoms with Crippen molar-refractivity contribution in [3.8, 4) is 0 Å². The van der Waals surface area contributed by atoms with Gasteiger partial charge in [-0.1, -0.05) is 28.1 Å². The van der Waals surface area contributed by atoms with Crippen molar-refractivity contribution in [1.29, 1.82) is 0 Å². The molecule has 0 aromatic heterocycles. The highest BCUT2D eigenvalue weighted by Gasteiger charge is 2.10. The lowest BCUT2D eigenvalue weighted by molar-refractivity contribution is 0.207. The van der Waals surface area contributed by atoms with Crippen LogP contribution in [0.2, 0.25) is 0 Å². The number of rotatable bonds is 4. The minimum absolute atomic E-state index is 0.267. The lowest BCUT2D eigenvalue weighted by Crippen LogP contribution is -2.30. The average Bonchev–Trinajstić information content (AvgIpc) is 2.18. The molecule has 0 aliphatic carbocycles. The Morgan fingerprint density at radius 2 is 2.14 bits per heavy atom. The van der Waals surface area contributed by atoms with Crippen molar-refractivity contribution >= 4 is 21.6 Å². The molecular weight excluding hydrogens is 249 g/mol. The molecular formula is C10H13BrFNO. The molecule has 0 saturated heterocycles. The van der Waals surface area contributed by atoms with E-state index in [0.717, 1.165) is 0 Å². The molecule has 0 heterocycles. The first-order valence-electron chi connectivity index (χ1n) is 4.35. The fourth-order valence-corrected chi connectivity index (χ4v) is 1.43. The molecule has 78 valence electrons. The zero-order valence-electron chi connectivity index (χ0n) is 7.95. The Kier molecular flexibility index (Phi) is 4.35. The van der Waals surface area contributed by atoms with Crippen LogP contribution in [0.3, 0.4) is 0 Å². The lowest BCUT2D eigenvalue weighted by atomic mass is 10.2. The quantitative estimate of drug-likeness (QED) is 0.839. The Hall–Kier alpha value is -0.610. The first-order valence-corrected chi connectivity index (χ1v) is 5.47. The number of aliphatic hydroxyl groups is 1. The maximum absolute atomic E-state index is 13.3. The topological polar surface area (TPSA) is 23.5 Å². The van der Waals surface area contributed by atoms with Crippen molar-refractivity contribution in [3.63, 3.8) is 0 Å². The SMILES string of the molecule is CN(CC(O)CBr)c1ccccc1F. The fourth-order valence-electron chi connectivity index (χ4n) is 1.22. The number of aliphatic hydroxyl groups excluding tert-OH is 1. The predicted molar refractivity (Wildman–Crippen MR) is 59.5 cm³/mol. The Labute approximate surface area is 91.5 Å². The smallest absolute Gasteiger partial charge is 0.146 e. The summed E-state index contributed by atoms with van der Waals surface area (Å²) in [6.45, 7) is 0.409. The number of nitrogens with zero attached hydrogens (tertiary/aromatic N) is 1. The summed E-state index contributed by atoms with van der Waals surface area (Å²) in [5.74, 6) is -0.267. The summed E-state index contributed by atoms with van der Waals surface area (Å²) in [6.07, 6.45) is -0.486. The minimum atomic E-state index is -0.486. The third-order valence-corrected chi connectivity index (χ3v) is 2.67. The van der Waals surface area contributed by atoms with Crippen LogP contribution in [0, 0.1) is 5.82 Å². The maximum Gasteiger partial charge on any atom is 0.146 e. The molecule has 0 amide bonds. The molecule has 0 aliphatic rings. The molecule has 0 aliphatic heterocycles. The normalized spacial score (nSPS) is 12.6. The van der Waals surface area contributed by atoms with E-state index in [1.54, 1.807) is 30.1 Å². The molecule has 1 aromatic carbocycles. The van der Waals surface area contributed by atoms with Gasteiger partial charge in [0.25, 0.3) is 0 Å². The van der Waals surface area contributed by atoms with Crippen LogP contribution in [-0.4, -0.2) is 30.1 Å². The molecule has 1 aromatic rings. The molecule has 1 N–H and O–H groups in total. The van der Waals surface area contributed by atoms with Crippen LogP contribution in [0.5, 0.6) is 0 Å². The second-order valence-electron chi connectivity index (χ2n) is 3.14. The van der Waals surface area contributed by atoms with Gasteiger partial charge in [-0.2, -0.15) is 0 Å². The Morgan fingerprint density at radius 1 is 1.50 bits per heavy atom. The monoisotopic (exact) mass is 261 g/mol.